The highest BCUT2D eigenvalue weighted by Gasteiger charge is 2.48. The summed E-state index contributed by atoms with van der Waals surface area (Å²) in [4.78, 5) is 24.0. The zero-order chi connectivity index (χ0) is 13.3. The minimum Gasteiger partial charge on any atom is -0.299 e. The van der Waals surface area contributed by atoms with Gasteiger partial charge in [-0.3, -0.25) is 9.59 Å². The molecule has 2 nitrogen and oxygen atoms in total. The fourth-order valence-electron chi connectivity index (χ4n) is 2.72. The molecule has 0 fully saturated rings. The summed E-state index contributed by atoms with van der Waals surface area (Å²) in [5, 5.41) is 0. The zero-order valence-electron chi connectivity index (χ0n) is 10.4. The first-order valence-electron chi connectivity index (χ1n) is 5.92. The first kappa shape index (κ1) is 13.2. The normalized spacial score (nSPS) is 20.9. The number of hydrogen-bond acceptors (Lipinski definition) is 2. The summed E-state index contributed by atoms with van der Waals surface area (Å²) < 4.78 is 0.990. The molecule has 1 atom stereocenters. The molecule has 0 aliphatic heterocycles. The molecule has 0 amide bonds. The van der Waals surface area contributed by atoms with Crippen LogP contribution < -0.4 is 0 Å². The van der Waals surface area contributed by atoms with Crippen LogP contribution in [0, 0.1) is 5.41 Å². The Morgan fingerprint density at radius 2 is 1.72 bits per heavy atom. The molecule has 3 heteroatoms. The van der Waals surface area contributed by atoms with E-state index in [1.54, 1.807) is 0 Å². The molecule has 0 heterocycles. The maximum Gasteiger partial charge on any atom is 0.144 e. The number of halogens is 1. The highest BCUT2D eigenvalue weighted by atomic mass is 79.9. The van der Waals surface area contributed by atoms with Crippen molar-refractivity contribution < 1.29 is 9.59 Å². The third-order valence-corrected chi connectivity index (χ3v) is 4.31. The molecule has 1 aliphatic rings. The van der Waals surface area contributed by atoms with E-state index >= 15 is 0 Å². The molecule has 0 saturated carbocycles. The van der Waals surface area contributed by atoms with Crippen LogP contribution in [0.5, 0.6) is 0 Å². The Kier molecular flexibility index (Phi) is 3.53. The summed E-state index contributed by atoms with van der Waals surface area (Å²) in [5.74, 6) is -0.235. The van der Waals surface area contributed by atoms with Crippen LogP contribution in [-0.2, 0) is 9.59 Å². The van der Waals surface area contributed by atoms with Gasteiger partial charge in [0.25, 0.3) is 0 Å². The van der Waals surface area contributed by atoms with Crippen molar-refractivity contribution in [1.29, 1.82) is 0 Å². The van der Waals surface area contributed by atoms with Crippen LogP contribution in [0.3, 0.4) is 0 Å². The largest absolute Gasteiger partial charge is 0.299 e. The fraction of sp³-hybridized carbons (Fsp3) is 0.333. The van der Waals surface area contributed by atoms with E-state index in [4.69, 9.17) is 0 Å². The predicted octanol–water partition coefficient (Wildman–Crippen LogP) is 3.66. The quantitative estimate of drug-likeness (QED) is 0.631. The van der Waals surface area contributed by atoms with Gasteiger partial charge in [-0.05, 0) is 38.0 Å². The average Bonchev–Trinajstić information content (AvgIpc) is 2.75. The number of ketones is 2. The van der Waals surface area contributed by atoms with Crippen molar-refractivity contribution in [3.05, 3.63) is 46.5 Å². The molecular weight excluding hydrogens is 292 g/mol. The molecule has 0 aromatic heterocycles. The topological polar surface area (TPSA) is 34.1 Å². The number of Topliss-reactive ketones (excluding diaryl/α,β-unsaturated/α-hetero) is 2. The van der Waals surface area contributed by atoms with E-state index in [0.717, 1.165) is 10.0 Å². The smallest absolute Gasteiger partial charge is 0.144 e. The molecule has 94 valence electrons. The predicted molar refractivity (Wildman–Crippen MR) is 74.4 cm³/mol. The molecule has 1 aliphatic carbocycles. The third kappa shape index (κ3) is 1.97. The lowest BCUT2D eigenvalue weighted by Gasteiger charge is -2.30. The van der Waals surface area contributed by atoms with Crippen molar-refractivity contribution >= 4 is 27.5 Å². The maximum absolute atomic E-state index is 12.0. The van der Waals surface area contributed by atoms with Crippen LogP contribution in [0.15, 0.2) is 40.9 Å². The van der Waals surface area contributed by atoms with E-state index in [2.05, 4.69) is 15.9 Å². The van der Waals surface area contributed by atoms with Crippen molar-refractivity contribution in [3.8, 4) is 0 Å². The van der Waals surface area contributed by atoms with Gasteiger partial charge in [0.15, 0.2) is 0 Å². The first-order valence-corrected chi connectivity index (χ1v) is 6.72. The van der Waals surface area contributed by atoms with E-state index in [-0.39, 0.29) is 17.5 Å². The number of benzene rings is 1. The van der Waals surface area contributed by atoms with Crippen molar-refractivity contribution in [2.45, 2.75) is 26.2 Å². The van der Waals surface area contributed by atoms with Gasteiger partial charge in [0.2, 0.25) is 0 Å². The summed E-state index contributed by atoms with van der Waals surface area (Å²) in [5.41, 5.74) is 0.116. The summed E-state index contributed by atoms with van der Waals surface area (Å²) in [6, 6.07) is 7.80. The molecule has 0 saturated heterocycles. The number of carbonyl (C=O) groups is 2. The Morgan fingerprint density at radius 1 is 1.17 bits per heavy atom. The molecule has 0 N–H and O–H groups in total. The zero-order valence-corrected chi connectivity index (χ0v) is 12.0. The summed E-state index contributed by atoms with van der Waals surface area (Å²) in [6.07, 6.45) is 4.43. The lowest BCUT2D eigenvalue weighted by atomic mass is 9.68. The van der Waals surface area contributed by atoms with Crippen molar-refractivity contribution in [2.75, 3.05) is 0 Å². The van der Waals surface area contributed by atoms with Crippen LogP contribution >= 0.6 is 15.9 Å². The lowest BCUT2D eigenvalue weighted by Crippen LogP contribution is -2.39. The Labute approximate surface area is 115 Å². The second-order valence-corrected chi connectivity index (χ2v) is 5.66. The van der Waals surface area contributed by atoms with Gasteiger partial charge in [0, 0.05) is 10.4 Å². The molecule has 1 aromatic carbocycles. The van der Waals surface area contributed by atoms with Crippen molar-refractivity contribution in [2.24, 2.45) is 5.41 Å². The molecule has 1 unspecified atom stereocenters. The van der Waals surface area contributed by atoms with Gasteiger partial charge < -0.3 is 0 Å². The lowest BCUT2D eigenvalue weighted by molar-refractivity contribution is -0.138. The SMILES string of the molecule is CC(=O)C1(C(C)=O)CC=CC1c1ccc(Br)cc1. The van der Waals surface area contributed by atoms with Gasteiger partial charge in [-0.2, -0.15) is 0 Å². The van der Waals surface area contributed by atoms with Crippen molar-refractivity contribution in [1.82, 2.24) is 0 Å². The molecule has 0 radical (unpaired) electrons. The number of rotatable bonds is 3. The van der Waals surface area contributed by atoms with Crippen LogP contribution in [0.4, 0.5) is 0 Å². The molecule has 2 rings (SSSR count). The molecule has 1 aromatic rings. The monoisotopic (exact) mass is 306 g/mol. The maximum atomic E-state index is 12.0. The molecule has 0 bridgehead atoms. The third-order valence-electron chi connectivity index (χ3n) is 3.78. The minimum absolute atomic E-state index is 0.0482. The van der Waals surface area contributed by atoms with Gasteiger partial charge in [0.1, 0.15) is 17.0 Å². The number of allylic oxidation sites excluding steroid dienone is 2. The number of carbonyl (C=O) groups excluding carboxylic acids is 2. The van der Waals surface area contributed by atoms with Crippen LogP contribution in [-0.4, -0.2) is 11.6 Å². The van der Waals surface area contributed by atoms with Crippen LogP contribution in [0.1, 0.15) is 31.7 Å². The second-order valence-electron chi connectivity index (χ2n) is 4.75. The molecular formula is C15H15BrO2. The Balaban J connectivity index is 2.48. The summed E-state index contributed by atoms with van der Waals surface area (Å²) in [6.45, 7) is 3.03. The summed E-state index contributed by atoms with van der Waals surface area (Å²) >= 11 is 3.39. The second kappa shape index (κ2) is 4.81. The van der Waals surface area contributed by atoms with Gasteiger partial charge >= 0.3 is 0 Å². The Bertz CT molecular complexity index is 500. The first-order chi connectivity index (χ1) is 8.48. The van der Waals surface area contributed by atoms with Crippen LogP contribution in [0.25, 0.3) is 0 Å². The van der Waals surface area contributed by atoms with Gasteiger partial charge in [-0.25, -0.2) is 0 Å². The van der Waals surface area contributed by atoms with E-state index in [0.29, 0.717) is 6.42 Å². The minimum atomic E-state index is -0.895. The average molecular weight is 307 g/mol. The van der Waals surface area contributed by atoms with E-state index < -0.39 is 5.41 Å². The van der Waals surface area contributed by atoms with E-state index in [1.165, 1.54) is 13.8 Å². The van der Waals surface area contributed by atoms with Gasteiger partial charge in [-0.15, -0.1) is 0 Å². The van der Waals surface area contributed by atoms with Crippen LogP contribution in [0.2, 0.25) is 0 Å². The van der Waals surface area contributed by atoms with E-state index in [9.17, 15) is 9.59 Å². The van der Waals surface area contributed by atoms with Crippen molar-refractivity contribution in [3.63, 3.8) is 0 Å². The highest BCUT2D eigenvalue weighted by molar-refractivity contribution is 9.10. The van der Waals surface area contributed by atoms with E-state index in [1.807, 2.05) is 36.4 Å². The Morgan fingerprint density at radius 3 is 2.22 bits per heavy atom. The summed E-state index contributed by atoms with van der Waals surface area (Å²) in [7, 11) is 0. The number of hydrogen-bond donors (Lipinski definition) is 0. The Hall–Kier alpha value is -1.22. The standard InChI is InChI=1S/C15H15BrO2/c1-10(17)15(11(2)18)9-3-4-14(15)12-5-7-13(16)8-6-12/h3-8,14H,9H2,1-2H3. The molecule has 18 heavy (non-hydrogen) atoms. The van der Waals surface area contributed by atoms with Gasteiger partial charge in [-0.1, -0.05) is 40.2 Å². The fourth-order valence-corrected chi connectivity index (χ4v) is 2.98. The highest BCUT2D eigenvalue weighted by Crippen LogP contribution is 2.46. The van der Waals surface area contributed by atoms with Gasteiger partial charge in [0.05, 0.1) is 0 Å². The molecule has 0 spiro atoms.